The number of ketones is 1. The summed E-state index contributed by atoms with van der Waals surface area (Å²) in [6.45, 7) is 6.41. The van der Waals surface area contributed by atoms with Gasteiger partial charge >= 0.3 is 0 Å². The van der Waals surface area contributed by atoms with E-state index in [0.29, 0.717) is 18.8 Å². The number of allylic oxidation sites excluding steroid dienone is 1. The normalized spacial score (nSPS) is 34.8. The topological polar surface area (TPSA) is 49.8 Å². The maximum atomic E-state index is 13.3. The van der Waals surface area contributed by atoms with Crippen LogP contribution in [0.2, 0.25) is 0 Å². The lowest BCUT2D eigenvalue weighted by atomic mass is 9.48. The first-order valence-electron chi connectivity index (χ1n) is 11.7. The van der Waals surface area contributed by atoms with Gasteiger partial charge in [0.1, 0.15) is 5.75 Å². The third-order valence-electron chi connectivity index (χ3n) is 8.20. The highest BCUT2D eigenvalue weighted by Crippen LogP contribution is 2.59. The fourth-order valence-electron chi connectivity index (χ4n) is 6.32. The van der Waals surface area contributed by atoms with Crippen LogP contribution in [-0.2, 0) is 16.6 Å². The Balaban J connectivity index is 1.61. The number of methoxy groups -OCH3 is 1. The molecule has 3 unspecified atom stereocenters. The average Bonchev–Trinajstić information content (AvgIpc) is 3.53. The van der Waals surface area contributed by atoms with Crippen LogP contribution in [0.3, 0.4) is 0 Å². The minimum absolute atomic E-state index is 0.0864. The zero-order valence-electron chi connectivity index (χ0n) is 18.6. The molecule has 1 aromatic carbocycles. The van der Waals surface area contributed by atoms with Gasteiger partial charge < -0.3 is 9.84 Å². The highest BCUT2D eigenvalue weighted by atomic mass is 16.5. The SMILES string of the molecule is COc1ccc2c(c1)C13CCN(CC4CC4)C(C2)C1(O)CC(=CCC(C)C)C(=O)C3. The molecule has 4 nitrogen and oxygen atoms in total. The molecule has 0 spiro atoms. The lowest BCUT2D eigenvalue weighted by molar-refractivity contribution is -0.164. The molecule has 2 bridgehead atoms. The maximum absolute atomic E-state index is 13.3. The number of hydrogen-bond acceptors (Lipinski definition) is 4. The number of carbonyl (C=O) groups is 1. The van der Waals surface area contributed by atoms with Crippen molar-refractivity contribution in [2.75, 3.05) is 20.2 Å². The lowest BCUT2D eigenvalue weighted by Crippen LogP contribution is -2.73. The van der Waals surface area contributed by atoms with Crippen molar-refractivity contribution in [1.29, 1.82) is 0 Å². The van der Waals surface area contributed by atoms with Gasteiger partial charge in [0.05, 0.1) is 12.7 Å². The van der Waals surface area contributed by atoms with Gasteiger partial charge in [-0.3, -0.25) is 9.69 Å². The largest absolute Gasteiger partial charge is 0.497 e. The van der Waals surface area contributed by atoms with Gasteiger partial charge in [-0.1, -0.05) is 26.0 Å². The number of fused-ring (bicyclic) bond motifs is 1. The molecule has 0 aromatic heterocycles. The Morgan fingerprint density at radius 1 is 1.30 bits per heavy atom. The molecule has 30 heavy (non-hydrogen) atoms. The van der Waals surface area contributed by atoms with Crippen LogP contribution in [-0.4, -0.2) is 47.6 Å². The van der Waals surface area contributed by atoms with E-state index in [0.717, 1.165) is 55.2 Å². The van der Waals surface area contributed by atoms with E-state index in [1.165, 1.54) is 18.4 Å². The van der Waals surface area contributed by atoms with Gasteiger partial charge in [-0.25, -0.2) is 0 Å². The first kappa shape index (κ1) is 20.3. The van der Waals surface area contributed by atoms with E-state index in [2.05, 4.69) is 37.0 Å². The predicted molar refractivity (Wildman–Crippen MR) is 118 cm³/mol. The molecule has 1 saturated heterocycles. The van der Waals surface area contributed by atoms with Crippen LogP contribution in [0.4, 0.5) is 0 Å². The first-order chi connectivity index (χ1) is 14.4. The van der Waals surface area contributed by atoms with Gasteiger partial charge in [-0.2, -0.15) is 0 Å². The molecule has 1 aliphatic heterocycles. The first-order valence-corrected chi connectivity index (χ1v) is 11.7. The van der Waals surface area contributed by atoms with Crippen molar-refractivity contribution >= 4 is 5.78 Å². The number of rotatable bonds is 5. The summed E-state index contributed by atoms with van der Waals surface area (Å²) < 4.78 is 5.53. The number of nitrogens with zero attached hydrogens (tertiary/aromatic N) is 1. The van der Waals surface area contributed by atoms with Crippen molar-refractivity contribution in [3.8, 4) is 5.75 Å². The molecule has 0 amide bonds. The van der Waals surface area contributed by atoms with Crippen molar-refractivity contribution in [1.82, 2.24) is 4.90 Å². The summed E-state index contributed by atoms with van der Waals surface area (Å²) in [6, 6.07) is 6.38. The third kappa shape index (κ3) is 3.06. The zero-order valence-corrected chi connectivity index (χ0v) is 18.6. The van der Waals surface area contributed by atoms with Crippen LogP contribution in [0, 0.1) is 11.8 Å². The molecule has 3 fully saturated rings. The predicted octanol–water partition coefficient (Wildman–Crippen LogP) is 4.04. The van der Waals surface area contributed by atoms with Crippen LogP contribution in [0.5, 0.6) is 5.75 Å². The van der Waals surface area contributed by atoms with Crippen LogP contribution in [0.25, 0.3) is 0 Å². The monoisotopic (exact) mass is 409 g/mol. The standard InChI is InChI=1S/C26H35NO3/c1-17(2)4-7-20-14-26(29)24-12-19-8-9-21(30-3)13-22(19)25(26,15-23(20)28)10-11-27(24)16-18-5-6-18/h7-9,13,17-18,24,29H,4-6,10-12,14-16H2,1-3H3. The second-order valence-corrected chi connectivity index (χ2v) is 10.6. The Kier molecular flexibility index (Phi) is 4.86. The average molecular weight is 410 g/mol. The summed E-state index contributed by atoms with van der Waals surface area (Å²) >= 11 is 0. The maximum Gasteiger partial charge on any atom is 0.159 e. The Morgan fingerprint density at radius 2 is 2.10 bits per heavy atom. The molecule has 1 N–H and O–H groups in total. The number of ether oxygens (including phenoxy) is 1. The van der Waals surface area contributed by atoms with Crippen molar-refractivity contribution < 1.29 is 14.6 Å². The minimum atomic E-state index is -0.893. The number of likely N-dealkylation sites (tertiary alicyclic amines) is 1. The van der Waals surface area contributed by atoms with Gasteiger partial charge in [-0.15, -0.1) is 0 Å². The van der Waals surface area contributed by atoms with Crippen molar-refractivity contribution in [3.05, 3.63) is 41.0 Å². The zero-order chi connectivity index (χ0) is 21.1. The van der Waals surface area contributed by atoms with Gasteiger partial charge in [0.2, 0.25) is 0 Å². The smallest absolute Gasteiger partial charge is 0.159 e. The van der Waals surface area contributed by atoms with Gasteiger partial charge in [0, 0.05) is 30.8 Å². The molecule has 4 aliphatic rings. The third-order valence-corrected chi connectivity index (χ3v) is 8.20. The van der Waals surface area contributed by atoms with E-state index >= 15 is 0 Å². The van der Waals surface area contributed by atoms with Crippen molar-refractivity contribution in [3.63, 3.8) is 0 Å². The van der Waals surface area contributed by atoms with E-state index in [4.69, 9.17) is 4.74 Å². The molecule has 1 aromatic rings. The second kappa shape index (κ2) is 7.20. The molecule has 3 atom stereocenters. The molecule has 3 aliphatic carbocycles. The Hall–Kier alpha value is -1.65. The van der Waals surface area contributed by atoms with Crippen molar-refractivity contribution in [2.45, 2.75) is 75.9 Å². The summed E-state index contributed by atoms with van der Waals surface area (Å²) in [5.74, 6) is 2.35. The summed E-state index contributed by atoms with van der Waals surface area (Å²) in [6.07, 6.45) is 8.25. The molecular formula is C26H35NO3. The van der Waals surface area contributed by atoms with E-state index in [1.54, 1.807) is 7.11 Å². The molecule has 2 saturated carbocycles. The molecular weight excluding hydrogens is 374 g/mol. The Morgan fingerprint density at radius 3 is 2.80 bits per heavy atom. The fraction of sp³-hybridized carbons (Fsp3) is 0.654. The Labute approximate surface area is 180 Å². The number of hydrogen-bond donors (Lipinski definition) is 1. The number of carbonyl (C=O) groups excluding carboxylic acids is 1. The van der Waals surface area contributed by atoms with Crippen LogP contribution in [0.15, 0.2) is 29.8 Å². The van der Waals surface area contributed by atoms with Crippen LogP contribution in [0.1, 0.15) is 63.5 Å². The molecule has 0 radical (unpaired) electrons. The number of Topliss-reactive ketones (excluding diaryl/α,β-unsaturated/α-hetero) is 1. The molecule has 1 heterocycles. The Bertz CT molecular complexity index is 886. The quantitative estimate of drug-likeness (QED) is 0.746. The summed E-state index contributed by atoms with van der Waals surface area (Å²) in [5.41, 5.74) is 1.91. The molecule has 162 valence electrons. The summed E-state index contributed by atoms with van der Waals surface area (Å²) in [7, 11) is 1.69. The van der Waals surface area contributed by atoms with E-state index in [1.807, 2.05) is 6.07 Å². The van der Waals surface area contributed by atoms with E-state index < -0.39 is 11.0 Å². The highest BCUT2D eigenvalue weighted by Gasteiger charge is 2.65. The summed E-state index contributed by atoms with van der Waals surface area (Å²) in [5, 5.41) is 12.5. The van der Waals surface area contributed by atoms with Gasteiger partial charge in [0.25, 0.3) is 0 Å². The molecule has 4 heteroatoms. The number of benzene rings is 1. The molecule has 5 rings (SSSR count). The van der Waals surface area contributed by atoms with Gasteiger partial charge in [-0.05, 0) is 79.3 Å². The summed E-state index contributed by atoms with van der Waals surface area (Å²) in [4.78, 5) is 15.9. The highest BCUT2D eigenvalue weighted by molar-refractivity contribution is 5.98. The fourth-order valence-corrected chi connectivity index (χ4v) is 6.32. The van der Waals surface area contributed by atoms with Crippen LogP contribution < -0.4 is 4.74 Å². The van der Waals surface area contributed by atoms with Crippen molar-refractivity contribution in [2.24, 2.45) is 11.8 Å². The minimum Gasteiger partial charge on any atom is -0.497 e. The van der Waals surface area contributed by atoms with Gasteiger partial charge in [0.15, 0.2) is 5.78 Å². The number of aliphatic hydroxyl groups is 1. The lowest BCUT2D eigenvalue weighted by Gasteiger charge is -2.63. The van der Waals surface area contributed by atoms with E-state index in [9.17, 15) is 9.90 Å². The van der Waals surface area contributed by atoms with E-state index in [-0.39, 0.29) is 11.8 Å². The second-order valence-electron chi connectivity index (χ2n) is 10.6. The number of piperidine rings is 1. The van der Waals surface area contributed by atoms with Crippen LogP contribution >= 0.6 is 0 Å².